The van der Waals surface area contributed by atoms with E-state index in [1.54, 1.807) is 0 Å². The molecule has 0 saturated heterocycles. The highest BCUT2D eigenvalue weighted by Crippen LogP contribution is 1.78. The Bertz CT molecular complexity index is 66.0. The van der Waals surface area contributed by atoms with E-state index >= 15 is 0 Å². The zero-order chi connectivity index (χ0) is 5.70. The summed E-state index contributed by atoms with van der Waals surface area (Å²) in [6.07, 6.45) is 0.850. The molecule has 1 unspecified atom stereocenters. The molecule has 2 N–H and O–H groups in total. The summed E-state index contributed by atoms with van der Waals surface area (Å²) >= 11 is -1.57. The number of hydrogen-bond donors (Lipinski definition) is 1. The van der Waals surface area contributed by atoms with Crippen molar-refractivity contribution in [3.8, 4) is 0 Å². The van der Waals surface area contributed by atoms with Crippen LogP contribution in [0.4, 0.5) is 0 Å². The molecule has 44 valence electrons. The number of nitrogens with two attached hydrogens (primary N) is 1. The molecule has 0 aromatic carbocycles. The van der Waals surface area contributed by atoms with Crippen molar-refractivity contribution in [3.63, 3.8) is 0 Å². The zero-order valence-corrected chi connectivity index (χ0v) is 5.03. The third-order valence-electron chi connectivity index (χ3n) is 0.404. The smallest absolute Gasteiger partial charge is 0.231 e. The summed E-state index contributed by atoms with van der Waals surface area (Å²) in [5.41, 5.74) is 0. The van der Waals surface area contributed by atoms with Gasteiger partial charge in [0.1, 0.15) is 0 Å². The van der Waals surface area contributed by atoms with E-state index in [1.165, 1.54) is 0 Å². The third kappa shape index (κ3) is 6.07. The molecular formula is C3H9NO2S. The van der Waals surface area contributed by atoms with Crippen molar-refractivity contribution in [3.05, 3.63) is 0 Å². The lowest BCUT2D eigenvalue weighted by Gasteiger charge is -1.90. The van der Waals surface area contributed by atoms with Crippen molar-refractivity contribution >= 4 is 11.3 Å². The monoisotopic (exact) mass is 123 g/mol. The molecule has 0 aliphatic carbocycles. The maximum Gasteiger partial charge on any atom is 0.231 e. The van der Waals surface area contributed by atoms with Crippen molar-refractivity contribution in [2.75, 3.05) is 6.61 Å². The average Bonchev–Trinajstić information content (AvgIpc) is 1.61. The summed E-state index contributed by atoms with van der Waals surface area (Å²) in [5.74, 6) is 0. The minimum atomic E-state index is -1.57. The molecule has 3 nitrogen and oxygen atoms in total. The lowest BCUT2D eigenvalue weighted by molar-refractivity contribution is 0.348. The molecule has 0 aromatic rings. The first kappa shape index (κ1) is 7.07. The minimum absolute atomic E-state index is 0.475. The second kappa shape index (κ2) is 4.23. The molecule has 0 amide bonds. The standard InChI is InChI=1S/C3H9NO2S/c1-2-3-6-7(4)5/h2-4H2,1H3. The predicted octanol–water partition coefficient (Wildman–Crippen LogP) is -0.0496. The van der Waals surface area contributed by atoms with Gasteiger partial charge < -0.3 is 0 Å². The summed E-state index contributed by atoms with van der Waals surface area (Å²) in [6.45, 7) is 2.40. The molecule has 0 spiro atoms. The minimum Gasteiger partial charge on any atom is -0.278 e. The third-order valence-corrected chi connectivity index (χ3v) is 0.803. The highest BCUT2D eigenvalue weighted by atomic mass is 32.2. The first-order valence-corrected chi connectivity index (χ1v) is 3.20. The van der Waals surface area contributed by atoms with Gasteiger partial charge in [-0.1, -0.05) is 6.92 Å². The molecule has 0 bridgehead atoms. The summed E-state index contributed by atoms with van der Waals surface area (Å²) in [5, 5.41) is 4.73. The largest absolute Gasteiger partial charge is 0.278 e. The normalized spacial score (nSPS) is 14.0. The van der Waals surface area contributed by atoms with Crippen LogP contribution in [0.5, 0.6) is 0 Å². The molecule has 0 aliphatic rings. The maximum atomic E-state index is 9.87. The molecule has 1 atom stereocenters. The second-order valence-electron chi connectivity index (χ2n) is 1.08. The molecule has 0 heterocycles. The molecular weight excluding hydrogens is 114 g/mol. The van der Waals surface area contributed by atoms with Gasteiger partial charge in [0, 0.05) is 0 Å². The first-order chi connectivity index (χ1) is 3.27. The summed E-state index contributed by atoms with van der Waals surface area (Å²) in [4.78, 5) is 0. The Balaban J connectivity index is 2.82. The van der Waals surface area contributed by atoms with Gasteiger partial charge in [-0.25, -0.2) is 9.35 Å². The fourth-order valence-corrected chi connectivity index (χ4v) is 0.496. The van der Waals surface area contributed by atoms with Gasteiger partial charge >= 0.3 is 0 Å². The Hall–Kier alpha value is 0.0700. The van der Waals surface area contributed by atoms with Crippen LogP contribution < -0.4 is 5.14 Å². The Labute approximate surface area is 45.6 Å². The quantitative estimate of drug-likeness (QED) is 0.572. The maximum absolute atomic E-state index is 9.87. The lowest BCUT2D eigenvalue weighted by atomic mass is 10.5. The van der Waals surface area contributed by atoms with E-state index in [1.807, 2.05) is 6.92 Å². The zero-order valence-electron chi connectivity index (χ0n) is 4.22. The van der Waals surface area contributed by atoms with Gasteiger partial charge in [0.2, 0.25) is 11.3 Å². The van der Waals surface area contributed by atoms with Crippen LogP contribution in [0.3, 0.4) is 0 Å². The highest BCUT2D eigenvalue weighted by Gasteiger charge is 1.84. The van der Waals surface area contributed by atoms with Crippen LogP contribution in [0.2, 0.25) is 0 Å². The van der Waals surface area contributed by atoms with Gasteiger partial charge in [-0.05, 0) is 6.42 Å². The van der Waals surface area contributed by atoms with Crippen LogP contribution in [-0.2, 0) is 15.4 Å². The van der Waals surface area contributed by atoms with Crippen molar-refractivity contribution in [2.45, 2.75) is 13.3 Å². The summed E-state index contributed by atoms with van der Waals surface area (Å²) < 4.78 is 14.3. The SMILES string of the molecule is CCCOS(N)=O. The lowest BCUT2D eigenvalue weighted by Crippen LogP contribution is -2.06. The van der Waals surface area contributed by atoms with E-state index in [2.05, 4.69) is 4.18 Å². The van der Waals surface area contributed by atoms with Crippen LogP contribution >= 0.6 is 0 Å². The van der Waals surface area contributed by atoms with E-state index < -0.39 is 11.3 Å². The fraction of sp³-hybridized carbons (Fsp3) is 1.00. The van der Waals surface area contributed by atoms with E-state index in [0.717, 1.165) is 6.42 Å². The van der Waals surface area contributed by atoms with Crippen molar-refractivity contribution in [2.24, 2.45) is 5.14 Å². The van der Waals surface area contributed by atoms with Crippen LogP contribution in [-0.4, -0.2) is 10.8 Å². The summed E-state index contributed by atoms with van der Waals surface area (Å²) in [6, 6.07) is 0. The Morgan fingerprint density at radius 2 is 2.43 bits per heavy atom. The van der Waals surface area contributed by atoms with Crippen molar-refractivity contribution in [1.82, 2.24) is 0 Å². The van der Waals surface area contributed by atoms with Gasteiger partial charge in [0.25, 0.3) is 0 Å². The summed E-state index contributed by atoms with van der Waals surface area (Å²) in [7, 11) is 0. The van der Waals surface area contributed by atoms with Gasteiger partial charge in [0.15, 0.2) is 0 Å². The van der Waals surface area contributed by atoms with Crippen molar-refractivity contribution < 1.29 is 8.39 Å². The van der Waals surface area contributed by atoms with Crippen LogP contribution in [0, 0.1) is 0 Å². The highest BCUT2D eigenvalue weighted by molar-refractivity contribution is 7.77. The van der Waals surface area contributed by atoms with Gasteiger partial charge in [-0.15, -0.1) is 0 Å². The number of hydrogen-bond acceptors (Lipinski definition) is 2. The van der Waals surface area contributed by atoms with E-state index in [-0.39, 0.29) is 0 Å². The van der Waals surface area contributed by atoms with E-state index in [4.69, 9.17) is 5.14 Å². The average molecular weight is 123 g/mol. The van der Waals surface area contributed by atoms with Crippen LogP contribution in [0.25, 0.3) is 0 Å². The molecule has 0 fully saturated rings. The predicted molar refractivity (Wildman–Crippen MR) is 28.6 cm³/mol. The molecule has 0 aromatic heterocycles. The molecule has 7 heavy (non-hydrogen) atoms. The number of rotatable bonds is 3. The Morgan fingerprint density at radius 3 is 2.57 bits per heavy atom. The van der Waals surface area contributed by atoms with E-state index in [0.29, 0.717) is 6.61 Å². The topological polar surface area (TPSA) is 52.3 Å². The van der Waals surface area contributed by atoms with Gasteiger partial charge in [-0.3, -0.25) is 4.18 Å². The van der Waals surface area contributed by atoms with Gasteiger partial charge in [-0.2, -0.15) is 0 Å². The van der Waals surface area contributed by atoms with E-state index in [9.17, 15) is 4.21 Å². The molecule has 0 aliphatic heterocycles. The molecule has 0 radical (unpaired) electrons. The van der Waals surface area contributed by atoms with Crippen molar-refractivity contribution in [1.29, 1.82) is 0 Å². The fourth-order valence-electron chi connectivity index (χ4n) is 0.165. The second-order valence-corrected chi connectivity index (χ2v) is 1.84. The first-order valence-electron chi connectivity index (χ1n) is 2.06. The molecule has 0 rings (SSSR count). The van der Waals surface area contributed by atoms with Crippen LogP contribution in [0.15, 0.2) is 0 Å². The van der Waals surface area contributed by atoms with Gasteiger partial charge in [0.05, 0.1) is 6.61 Å². The molecule has 4 heteroatoms. The Kier molecular flexibility index (Phi) is 4.28. The van der Waals surface area contributed by atoms with Crippen LogP contribution in [0.1, 0.15) is 13.3 Å². The Morgan fingerprint density at radius 1 is 1.86 bits per heavy atom. The molecule has 0 saturated carbocycles.